The predicted octanol–water partition coefficient (Wildman–Crippen LogP) is 3.73. The molecule has 2 aromatic rings. The Labute approximate surface area is 192 Å². The highest BCUT2D eigenvalue weighted by Crippen LogP contribution is 2.27. The number of nitrogens with zero attached hydrogens (tertiary/aromatic N) is 1. The van der Waals surface area contributed by atoms with Crippen molar-refractivity contribution in [1.29, 1.82) is 0 Å². The molecule has 0 spiro atoms. The van der Waals surface area contributed by atoms with Crippen molar-refractivity contribution < 1.29 is 28.3 Å². The van der Waals surface area contributed by atoms with E-state index in [0.29, 0.717) is 20.8 Å². The summed E-state index contributed by atoms with van der Waals surface area (Å²) in [6.07, 6.45) is 1.87. The van der Waals surface area contributed by atoms with Crippen molar-refractivity contribution in [3.63, 3.8) is 0 Å². The van der Waals surface area contributed by atoms with Crippen LogP contribution in [0, 0.1) is 6.92 Å². The molecule has 170 valence electrons. The number of esters is 2. The number of hydrogen-bond donors (Lipinski definition) is 1. The molecule has 1 saturated heterocycles. The van der Waals surface area contributed by atoms with Crippen molar-refractivity contribution in [3.8, 4) is 0 Å². The van der Waals surface area contributed by atoms with Gasteiger partial charge in [-0.15, -0.1) is 0 Å². The molecule has 0 saturated carbocycles. The first-order chi connectivity index (χ1) is 15.3. The topological polar surface area (TPSA) is 81.7 Å². The molecule has 0 aliphatic carbocycles. The Morgan fingerprint density at radius 1 is 1.06 bits per heavy atom. The summed E-state index contributed by atoms with van der Waals surface area (Å²) in [6.45, 7) is 3.65. The van der Waals surface area contributed by atoms with Gasteiger partial charge in [-0.25, -0.2) is 9.59 Å². The van der Waals surface area contributed by atoms with Gasteiger partial charge in [0.2, 0.25) is 0 Å². The fourth-order valence-electron chi connectivity index (χ4n) is 4.10. The molecular formula is C24H28ClN2O5+. The van der Waals surface area contributed by atoms with Gasteiger partial charge in [-0.05, 0) is 30.2 Å². The second kappa shape index (κ2) is 10.6. The lowest BCUT2D eigenvalue weighted by molar-refractivity contribution is -0.902. The van der Waals surface area contributed by atoms with Gasteiger partial charge >= 0.3 is 11.9 Å². The van der Waals surface area contributed by atoms with Gasteiger partial charge in [0.1, 0.15) is 6.61 Å². The van der Waals surface area contributed by atoms with Crippen molar-refractivity contribution in [2.24, 2.45) is 0 Å². The third-order valence-electron chi connectivity index (χ3n) is 5.67. The molecule has 3 rings (SSSR count). The molecule has 0 bridgehead atoms. The number of quaternary nitrogens is 1. The maximum absolute atomic E-state index is 13.0. The van der Waals surface area contributed by atoms with Crippen LogP contribution >= 0.6 is 11.6 Å². The molecule has 1 aliphatic rings. The van der Waals surface area contributed by atoms with E-state index in [1.54, 1.807) is 13.0 Å². The summed E-state index contributed by atoms with van der Waals surface area (Å²) in [7, 11) is 1.27. The van der Waals surface area contributed by atoms with E-state index >= 15 is 0 Å². The fraction of sp³-hybridized carbons (Fsp3) is 0.375. The highest BCUT2D eigenvalue weighted by molar-refractivity contribution is 6.31. The van der Waals surface area contributed by atoms with Crippen LogP contribution < -0.4 is 5.32 Å². The number of carbonyl (C=O) groups excluding carboxylic acids is 3. The monoisotopic (exact) mass is 459 g/mol. The van der Waals surface area contributed by atoms with Crippen molar-refractivity contribution in [1.82, 2.24) is 0 Å². The summed E-state index contributed by atoms with van der Waals surface area (Å²) in [4.78, 5) is 37.7. The Morgan fingerprint density at radius 2 is 1.75 bits per heavy atom. The zero-order valence-electron chi connectivity index (χ0n) is 18.4. The number of anilines is 1. The number of carbonyl (C=O) groups is 3. The molecule has 7 nitrogen and oxygen atoms in total. The van der Waals surface area contributed by atoms with E-state index in [9.17, 15) is 14.4 Å². The lowest BCUT2D eigenvalue weighted by atomic mass is 10.1. The van der Waals surface area contributed by atoms with E-state index < -0.39 is 5.97 Å². The largest absolute Gasteiger partial charge is 0.465 e. The Morgan fingerprint density at radius 3 is 2.41 bits per heavy atom. The predicted molar refractivity (Wildman–Crippen MR) is 121 cm³/mol. The van der Waals surface area contributed by atoms with E-state index in [0.717, 1.165) is 31.5 Å². The fourth-order valence-corrected chi connectivity index (χ4v) is 4.37. The third-order valence-corrected chi connectivity index (χ3v) is 5.89. The first kappa shape index (κ1) is 23.8. The highest BCUT2D eigenvalue weighted by Gasteiger charge is 2.37. The van der Waals surface area contributed by atoms with Crippen LogP contribution in [-0.2, 0) is 25.7 Å². The number of rotatable bonds is 8. The zero-order chi connectivity index (χ0) is 23.1. The van der Waals surface area contributed by atoms with Gasteiger partial charge in [-0.3, -0.25) is 4.79 Å². The molecule has 0 aromatic heterocycles. The van der Waals surface area contributed by atoms with Crippen LogP contribution in [0.2, 0.25) is 5.02 Å². The SMILES string of the molecule is COC(=O)c1cc(Cl)cc(C)c1NC(=O)C[N+]1(CC(=O)OCc2ccccc2)CCCC1. The van der Waals surface area contributed by atoms with Gasteiger partial charge in [0.25, 0.3) is 5.91 Å². The minimum atomic E-state index is -0.583. The molecule has 0 radical (unpaired) electrons. The number of amides is 1. The van der Waals surface area contributed by atoms with Gasteiger partial charge in [-0.1, -0.05) is 41.9 Å². The Bertz CT molecular complexity index is 987. The first-order valence-electron chi connectivity index (χ1n) is 10.5. The van der Waals surface area contributed by atoms with Gasteiger partial charge in [0, 0.05) is 17.9 Å². The van der Waals surface area contributed by atoms with Crippen molar-refractivity contribution in [2.75, 3.05) is 38.6 Å². The van der Waals surface area contributed by atoms with E-state index in [2.05, 4.69) is 5.32 Å². The second-order valence-electron chi connectivity index (χ2n) is 8.14. The maximum Gasteiger partial charge on any atom is 0.362 e. The summed E-state index contributed by atoms with van der Waals surface area (Å²) >= 11 is 6.08. The summed E-state index contributed by atoms with van der Waals surface area (Å²) in [5.41, 5.74) is 2.14. The van der Waals surface area contributed by atoms with Crippen LogP contribution in [0.1, 0.15) is 34.3 Å². The number of halogens is 1. The Hall–Kier alpha value is -2.90. The average molecular weight is 460 g/mol. The smallest absolute Gasteiger partial charge is 0.362 e. The van der Waals surface area contributed by atoms with Gasteiger partial charge in [0.05, 0.1) is 31.5 Å². The molecule has 0 unspecified atom stereocenters. The lowest BCUT2D eigenvalue weighted by Crippen LogP contribution is -2.53. The number of benzene rings is 2. The normalized spacial score (nSPS) is 14.6. The molecule has 1 aliphatic heterocycles. The average Bonchev–Trinajstić information content (AvgIpc) is 3.21. The zero-order valence-corrected chi connectivity index (χ0v) is 19.1. The van der Waals surface area contributed by atoms with Crippen LogP contribution in [-0.4, -0.2) is 55.6 Å². The van der Waals surface area contributed by atoms with Crippen LogP contribution in [0.5, 0.6) is 0 Å². The maximum atomic E-state index is 13.0. The standard InChI is InChI=1S/C24H27ClN2O5/c1-17-12-19(25)13-20(24(30)31-2)23(17)26-21(28)14-27(10-6-7-11-27)15-22(29)32-16-18-8-4-3-5-9-18/h3-5,8-9,12-13H,6-7,10-11,14-16H2,1-2H3/p+1. The van der Waals surface area contributed by atoms with Crippen molar-refractivity contribution >= 4 is 35.1 Å². The quantitative estimate of drug-likeness (QED) is 0.480. The molecule has 1 N–H and O–H groups in total. The van der Waals surface area contributed by atoms with E-state index in [1.165, 1.54) is 13.2 Å². The molecule has 2 aromatic carbocycles. The van der Waals surface area contributed by atoms with Crippen LogP contribution in [0.3, 0.4) is 0 Å². The molecule has 1 fully saturated rings. The molecule has 0 atom stereocenters. The number of methoxy groups -OCH3 is 1. The van der Waals surface area contributed by atoms with E-state index in [-0.39, 0.29) is 37.1 Å². The number of likely N-dealkylation sites (tertiary alicyclic amines) is 1. The molecule has 1 heterocycles. The number of nitrogens with one attached hydrogen (secondary N) is 1. The van der Waals surface area contributed by atoms with E-state index in [1.807, 2.05) is 30.3 Å². The summed E-state index contributed by atoms with van der Waals surface area (Å²) in [5.74, 6) is -1.19. The minimum Gasteiger partial charge on any atom is -0.465 e. The lowest BCUT2D eigenvalue weighted by Gasteiger charge is -2.32. The van der Waals surface area contributed by atoms with Crippen LogP contribution in [0.4, 0.5) is 5.69 Å². The Kier molecular flexibility index (Phi) is 7.88. The number of hydrogen-bond acceptors (Lipinski definition) is 5. The second-order valence-corrected chi connectivity index (χ2v) is 8.58. The third kappa shape index (κ3) is 6.08. The van der Waals surface area contributed by atoms with Crippen LogP contribution in [0.15, 0.2) is 42.5 Å². The van der Waals surface area contributed by atoms with Gasteiger partial charge in [-0.2, -0.15) is 0 Å². The number of aryl methyl sites for hydroxylation is 1. The van der Waals surface area contributed by atoms with Gasteiger partial charge in [0.15, 0.2) is 13.1 Å². The number of ether oxygens (including phenoxy) is 2. The highest BCUT2D eigenvalue weighted by atomic mass is 35.5. The van der Waals surface area contributed by atoms with Gasteiger partial charge < -0.3 is 19.3 Å². The van der Waals surface area contributed by atoms with Crippen LogP contribution in [0.25, 0.3) is 0 Å². The Balaban J connectivity index is 1.68. The molecule has 1 amide bonds. The summed E-state index contributed by atoms with van der Waals surface area (Å²) < 4.78 is 10.6. The molecule has 8 heteroatoms. The van der Waals surface area contributed by atoms with E-state index in [4.69, 9.17) is 21.1 Å². The summed E-state index contributed by atoms with van der Waals surface area (Å²) in [5, 5.41) is 3.22. The van der Waals surface area contributed by atoms with Crippen molar-refractivity contribution in [3.05, 3.63) is 64.2 Å². The molecular weight excluding hydrogens is 432 g/mol. The molecule has 32 heavy (non-hydrogen) atoms. The van der Waals surface area contributed by atoms with Crippen molar-refractivity contribution in [2.45, 2.75) is 26.4 Å². The summed E-state index contributed by atoms with van der Waals surface area (Å²) in [6, 6.07) is 12.6. The first-order valence-corrected chi connectivity index (χ1v) is 10.9. The minimum absolute atomic E-state index is 0.114.